The summed E-state index contributed by atoms with van der Waals surface area (Å²) >= 11 is 6.32. The molecule has 27 heavy (non-hydrogen) atoms. The minimum absolute atomic E-state index is 0.170. The topological polar surface area (TPSA) is 53.7 Å². The number of nitrogens with two attached hydrogens (primary N) is 1. The largest absolute Gasteiger partial charge is 0.490 e. The van der Waals surface area contributed by atoms with Crippen LogP contribution in [-0.4, -0.2) is 19.8 Å². The van der Waals surface area contributed by atoms with Crippen molar-refractivity contribution in [2.75, 3.05) is 19.8 Å². The molecule has 0 heterocycles. The van der Waals surface area contributed by atoms with E-state index in [-0.39, 0.29) is 5.41 Å². The molecule has 0 aliphatic carbocycles. The van der Waals surface area contributed by atoms with E-state index in [1.165, 1.54) is 5.56 Å². The van der Waals surface area contributed by atoms with Gasteiger partial charge in [-0.25, -0.2) is 0 Å². The van der Waals surface area contributed by atoms with Gasteiger partial charge in [0, 0.05) is 6.54 Å². The highest BCUT2D eigenvalue weighted by Crippen LogP contribution is 2.36. The van der Waals surface area contributed by atoms with Crippen molar-refractivity contribution in [1.29, 1.82) is 0 Å². The molecule has 0 amide bonds. The van der Waals surface area contributed by atoms with Crippen molar-refractivity contribution in [3.05, 3.63) is 52.5 Å². The van der Waals surface area contributed by atoms with Crippen LogP contribution >= 0.6 is 11.6 Å². The Kier molecular flexibility index (Phi) is 7.81. The van der Waals surface area contributed by atoms with E-state index in [2.05, 4.69) is 32.9 Å². The molecule has 0 aromatic heterocycles. The highest BCUT2D eigenvalue weighted by atomic mass is 35.5. The van der Waals surface area contributed by atoms with Crippen molar-refractivity contribution in [2.45, 2.75) is 46.1 Å². The zero-order valence-corrected chi connectivity index (χ0v) is 17.4. The van der Waals surface area contributed by atoms with Gasteiger partial charge in [0.1, 0.15) is 19.0 Å². The van der Waals surface area contributed by atoms with Crippen LogP contribution in [0.25, 0.3) is 0 Å². The van der Waals surface area contributed by atoms with E-state index in [0.717, 1.165) is 17.7 Å². The number of benzene rings is 2. The SMILES string of the molecule is CCOc1cc(CN)cc(Cl)c1OCCOc1ccc(C(C)(C)CC)cc1. The van der Waals surface area contributed by atoms with Crippen LogP contribution in [0.15, 0.2) is 36.4 Å². The first-order chi connectivity index (χ1) is 12.9. The monoisotopic (exact) mass is 391 g/mol. The van der Waals surface area contributed by atoms with E-state index in [4.69, 9.17) is 31.5 Å². The maximum absolute atomic E-state index is 6.32. The fraction of sp³-hybridized carbons (Fsp3) is 0.455. The van der Waals surface area contributed by atoms with Crippen molar-refractivity contribution in [2.24, 2.45) is 5.73 Å². The molecular formula is C22H30ClNO3. The fourth-order valence-electron chi connectivity index (χ4n) is 2.65. The smallest absolute Gasteiger partial charge is 0.179 e. The molecule has 2 N–H and O–H groups in total. The van der Waals surface area contributed by atoms with Crippen LogP contribution in [0.2, 0.25) is 5.02 Å². The normalized spacial score (nSPS) is 11.3. The van der Waals surface area contributed by atoms with Crippen LogP contribution in [0.4, 0.5) is 0 Å². The second-order valence-corrected chi connectivity index (χ2v) is 7.41. The highest BCUT2D eigenvalue weighted by molar-refractivity contribution is 6.32. The average Bonchev–Trinajstić information content (AvgIpc) is 2.67. The van der Waals surface area contributed by atoms with Gasteiger partial charge < -0.3 is 19.9 Å². The number of hydrogen-bond donors (Lipinski definition) is 1. The third-order valence-electron chi connectivity index (χ3n) is 4.72. The van der Waals surface area contributed by atoms with Gasteiger partial charge in [0.05, 0.1) is 11.6 Å². The lowest BCUT2D eigenvalue weighted by atomic mass is 9.82. The Morgan fingerprint density at radius 1 is 0.963 bits per heavy atom. The van der Waals surface area contributed by atoms with Gasteiger partial charge >= 0.3 is 0 Å². The van der Waals surface area contributed by atoms with Crippen molar-refractivity contribution in [3.8, 4) is 17.2 Å². The Morgan fingerprint density at radius 3 is 2.22 bits per heavy atom. The van der Waals surface area contributed by atoms with Gasteiger partial charge in [0.25, 0.3) is 0 Å². The third-order valence-corrected chi connectivity index (χ3v) is 5.00. The molecule has 0 spiro atoms. The molecule has 0 atom stereocenters. The van der Waals surface area contributed by atoms with Crippen LogP contribution in [-0.2, 0) is 12.0 Å². The average molecular weight is 392 g/mol. The van der Waals surface area contributed by atoms with Crippen molar-refractivity contribution in [1.82, 2.24) is 0 Å². The van der Waals surface area contributed by atoms with Crippen LogP contribution < -0.4 is 19.9 Å². The van der Waals surface area contributed by atoms with Gasteiger partial charge in [0.15, 0.2) is 11.5 Å². The summed E-state index contributed by atoms with van der Waals surface area (Å²) < 4.78 is 17.2. The highest BCUT2D eigenvalue weighted by Gasteiger charge is 2.17. The summed E-state index contributed by atoms with van der Waals surface area (Å²) in [5.74, 6) is 1.96. The van der Waals surface area contributed by atoms with Gasteiger partial charge in [-0.05, 0) is 54.2 Å². The van der Waals surface area contributed by atoms with Gasteiger partial charge in [0.2, 0.25) is 0 Å². The summed E-state index contributed by atoms with van der Waals surface area (Å²) in [6.45, 7) is 10.3. The van der Waals surface area contributed by atoms with Gasteiger partial charge in [-0.3, -0.25) is 0 Å². The van der Waals surface area contributed by atoms with Gasteiger partial charge in [-0.2, -0.15) is 0 Å². The van der Waals surface area contributed by atoms with Gasteiger partial charge in [-0.1, -0.05) is 44.5 Å². The Balaban J connectivity index is 1.93. The molecule has 2 rings (SSSR count). The van der Waals surface area contributed by atoms with Crippen LogP contribution in [0.1, 0.15) is 45.2 Å². The fourth-order valence-corrected chi connectivity index (χ4v) is 2.94. The first-order valence-corrected chi connectivity index (χ1v) is 9.80. The molecule has 0 bridgehead atoms. The molecule has 0 aliphatic heterocycles. The lowest BCUT2D eigenvalue weighted by Crippen LogP contribution is -2.15. The maximum atomic E-state index is 6.32. The second-order valence-electron chi connectivity index (χ2n) is 7.00. The zero-order valence-electron chi connectivity index (χ0n) is 16.7. The Labute approximate surface area is 167 Å². The standard InChI is InChI=1S/C22H30ClNO3/c1-5-22(3,4)17-7-9-18(10-8-17)26-11-12-27-21-19(23)13-16(15-24)14-20(21)25-6-2/h7-10,13-14H,5-6,11-12,15,24H2,1-4H3. The Bertz CT molecular complexity index is 729. The summed E-state index contributed by atoms with van der Waals surface area (Å²) in [5, 5.41) is 0.493. The predicted molar refractivity (Wildman–Crippen MR) is 111 cm³/mol. The van der Waals surface area contributed by atoms with Crippen molar-refractivity contribution >= 4 is 11.6 Å². The summed E-state index contributed by atoms with van der Waals surface area (Å²) in [7, 11) is 0. The molecule has 0 radical (unpaired) electrons. The molecule has 4 nitrogen and oxygen atoms in total. The van der Waals surface area contributed by atoms with Gasteiger partial charge in [-0.15, -0.1) is 0 Å². The van der Waals surface area contributed by atoms with E-state index in [9.17, 15) is 0 Å². The lowest BCUT2D eigenvalue weighted by Gasteiger charge is -2.23. The number of ether oxygens (including phenoxy) is 3. The number of rotatable bonds is 10. The summed E-state index contributed by atoms with van der Waals surface area (Å²) in [5.41, 5.74) is 8.07. The Hall–Kier alpha value is -1.91. The first kappa shape index (κ1) is 21.4. The van der Waals surface area contributed by atoms with Crippen molar-refractivity contribution < 1.29 is 14.2 Å². The quantitative estimate of drug-likeness (QED) is 0.555. The van der Waals surface area contributed by atoms with E-state index in [0.29, 0.717) is 42.9 Å². The molecule has 0 aliphatic rings. The van der Waals surface area contributed by atoms with E-state index >= 15 is 0 Å². The Morgan fingerprint density at radius 2 is 1.63 bits per heavy atom. The first-order valence-electron chi connectivity index (χ1n) is 9.42. The van der Waals surface area contributed by atoms with Crippen LogP contribution in [0.3, 0.4) is 0 Å². The third kappa shape index (κ3) is 5.78. The summed E-state index contributed by atoms with van der Waals surface area (Å²) in [6, 6.07) is 11.9. The number of hydrogen-bond acceptors (Lipinski definition) is 4. The predicted octanol–water partition coefficient (Wildman–Crippen LogP) is 5.34. The molecule has 2 aromatic carbocycles. The van der Waals surface area contributed by atoms with Crippen LogP contribution in [0, 0.1) is 0 Å². The van der Waals surface area contributed by atoms with Crippen LogP contribution in [0.5, 0.6) is 17.2 Å². The summed E-state index contributed by atoms with van der Waals surface area (Å²) in [6.07, 6.45) is 1.09. The second kappa shape index (κ2) is 9.86. The molecular weight excluding hydrogens is 362 g/mol. The minimum atomic E-state index is 0.170. The van der Waals surface area contributed by atoms with Crippen molar-refractivity contribution in [3.63, 3.8) is 0 Å². The minimum Gasteiger partial charge on any atom is -0.490 e. The lowest BCUT2D eigenvalue weighted by molar-refractivity contribution is 0.208. The van der Waals surface area contributed by atoms with E-state index in [1.54, 1.807) is 6.07 Å². The molecule has 2 aromatic rings. The molecule has 0 saturated heterocycles. The molecule has 5 heteroatoms. The maximum Gasteiger partial charge on any atom is 0.179 e. The number of halogens is 1. The molecule has 0 saturated carbocycles. The molecule has 0 fully saturated rings. The molecule has 0 unspecified atom stereocenters. The zero-order chi connectivity index (χ0) is 19.9. The summed E-state index contributed by atoms with van der Waals surface area (Å²) in [4.78, 5) is 0. The van der Waals surface area contributed by atoms with E-state index < -0.39 is 0 Å². The van der Waals surface area contributed by atoms with E-state index in [1.807, 2.05) is 25.1 Å². The molecule has 148 valence electrons.